The first kappa shape index (κ1) is 14.4. The van der Waals surface area contributed by atoms with Gasteiger partial charge in [0.25, 0.3) is 0 Å². The van der Waals surface area contributed by atoms with Crippen molar-refractivity contribution in [2.75, 3.05) is 32.0 Å². The minimum Gasteiger partial charge on any atom is -0.368 e. The molecule has 0 atom stereocenters. The number of carbonyl (C=O) groups excluding carboxylic acids is 1. The maximum absolute atomic E-state index is 11.3. The van der Waals surface area contributed by atoms with Crippen LogP contribution in [0, 0.1) is 0 Å². The van der Waals surface area contributed by atoms with Crippen LogP contribution in [0.2, 0.25) is 0 Å². The van der Waals surface area contributed by atoms with Gasteiger partial charge in [-0.25, -0.2) is 13.6 Å². The monoisotopic (exact) mass is 265 g/mol. The summed E-state index contributed by atoms with van der Waals surface area (Å²) in [6.07, 6.45) is 1.90. The highest BCUT2D eigenvalue weighted by Gasteiger charge is 2.14. The summed E-state index contributed by atoms with van der Waals surface area (Å²) in [5, 5.41) is 10.4. The van der Waals surface area contributed by atoms with Crippen LogP contribution in [0.3, 0.4) is 0 Å². The number of hydrogen-bond acceptors (Lipinski definition) is 5. The third kappa shape index (κ3) is 7.27. The highest BCUT2D eigenvalue weighted by atomic mass is 32.2. The second kappa shape index (κ2) is 6.90. The maximum atomic E-state index is 11.3. The summed E-state index contributed by atoms with van der Waals surface area (Å²) in [6.45, 7) is 1.79. The number of ether oxygens (including phenoxy) is 1. The number of carbonyl (C=O) groups is 1. The van der Waals surface area contributed by atoms with Crippen LogP contribution in [-0.2, 0) is 19.6 Å². The lowest BCUT2D eigenvalue weighted by atomic mass is 10.1. The number of amides is 1. The van der Waals surface area contributed by atoms with Crippen LogP contribution in [0.4, 0.5) is 0 Å². The average molecular weight is 265 g/mol. The van der Waals surface area contributed by atoms with Gasteiger partial charge in [-0.1, -0.05) is 0 Å². The number of hydrogen-bond donors (Lipinski definition) is 3. The summed E-state index contributed by atoms with van der Waals surface area (Å²) in [4.78, 5) is 11.3. The molecule has 0 bridgehead atoms. The van der Waals surface area contributed by atoms with Crippen molar-refractivity contribution >= 4 is 15.9 Å². The van der Waals surface area contributed by atoms with E-state index in [0.717, 1.165) is 25.9 Å². The maximum Gasteiger partial charge on any atom is 0.246 e. The number of rotatable bonds is 6. The molecule has 1 aliphatic heterocycles. The van der Waals surface area contributed by atoms with Crippen molar-refractivity contribution in [2.24, 2.45) is 5.14 Å². The van der Waals surface area contributed by atoms with Crippen LogP contribution >= 0.6 is 0 Å². The zero-order valence-electron chi connectivity index (χ0n) is 9.65. The van der Waals surface area contributed by atoms with Crippen molar-refractivity contribution in [1.82, 2.24) is 10.6 Å². The molecule has 8 heteroatoms. The molecule has 1 amide bonds. The number of nitrogens with two attached hydrogens (primary N) is 1. The van der Waals surface area contributed by atoms with E-state index >= 15 is 0 Å². The van der Waals surface area contributed by atoms with Gasteiger partial charge in [-0.3, -0.25) is 4.79 Å². The van der Waals surface area contributed by atoms with E-state index in [1.54, 1.807) is 0 Å². The summed E-state index contributed by atoms with van der Waals surface area (Å²) in [5.41, 5.74) is 0. The molecule has 0 aliphatic carbocycles. The molecule has 0 aromatic carbocycles. The predicted molar refractivity (Wildman–Crippen MR) is 62.8 cm³/mol. The van der Waals surface area contributed by atoms with Gasteiger partial charge in [-0.15, -0.1) is 0 Å². The van der Waals surface area contributed by atoms with Crippen molar-refractivity contribution in [1.29, 1.82) is 0 Å². The fourth-order valence-electron chi connectivity index (χ4n) is 1.54. The van der Waals surface area contributed by atoms with Gasteiger partial charge in [-0.05, 0) is 25.9 Å². The molecule has 1 heterocycles. The van der Waals surface area contributed by atoms with Gasteiger partial charge in [0.05, 0.1) is 11.9 Å². The summed E-state index contributed by atoms with van der Waals surface area (Å²) in [5.74, 6) is -0.571. The van der Waals surface area contributed by atoms with Crippen LogP contribution in [0.1, 0.15) is 12.8 Å². The Bertz CT molecular complexity index is 338. The Morgan fingerprint density at radius 3 is 2.65 bits per heavy atom. The van der Waals surface area contributed by atoms with Gasteiger partial charge in [-0.2, -0.15) is 0 Å². The predicted octanol–water partition coefficient (Wildman–Crippen LogP) is -1.84. The molecule has 1 rings (SSSR count). The molecule has 0 radical (unpaired) electrons. The van der Waals surface area contributed by atoms with Gasteiger partial charge in [0.1, 0.15) is 6.61 Å². The van der Waals surface area contributed by atoms with E-state index in [-0.39, 0.29) is 30.9 Å². The SMILES string of the molecule is NS(=O)(=O)CCNC(=O)COC1CCNCC1. The summed E-state index contributed by atoms with van der Waals surface area (Å²) in [7, 11) is -3.52. The Hall–Kier alpha value is -0.700. The largest absolute Gasteiger partial charge is 0.368 e. The highest BCUT2D eigenvalue weighted by Crippen LogP contribution is 2.06. The first-order valence-electron chi connectivity index (χ1n) is 5.57. The minimum absolute atomic E-state index is 0.0211. The Balaban J connectivity index is 2.08. The van der Waals surface area contributed by atoms with Crippen molar-refractivity contribution in [3.05, 3.63) is 0 Å². The lowest BCUT2D eigenvalue weighted by Gasteiger charge is -2.22. The van der Waals surface area contributed by atoms with E-state index in [2.05, 4.69) is 10.6 Å². The number of sulfonamides is 1. The van der Waals surface area contributed by atoms with Crippen LogP contribution < -0.4 is 15.8 Å². The highest BCUT2D eigenvalue weighted by molar-refractivity contribution is 7.89. The first-order chi connectivity index (χ1) is 7.97. The van der Waals surface area contributed by atoms with Crippen molar-refractivity contribution in [2.45, 2.75) is 18.9 Å². The van der Waals surface area contributed by atoms with Crippen molar-refractivity contribution < 1.29 is 17.9 Å². The fourth-order valence-corrected chi connectivity index (χ4v) is 1.93. The third-order valence-electron chi connectivity index (χ3n) is 2.45. The third-order valence-corrected chi connectivity index (χ3v) is 3.22. The molecule has 1 saturated heterocycles. The minimum atomic E-state index is -3.52. The molecule has 4 N–H and O–H groups in total. The number of piperidine rings is 1. The van der Waals surface area contributed by atoms with Crippen LogP contribution in [-0.4, -0.2) is 52.4 Å². The van der Waals surface area contributed by atoms with Crippen LogP contribution in [0.15, 0.2) is 0 Å². The molecule has 0 spiro atoms. The van der Waals surface area contributed by atoms with Gasteiger partial charge in [0.2, 0.25) is 15.9 Å². The summed E-state index contributed by atoms with van der Waals surface area (Å²) in [6, 6.07) is 0. The van der Waals surface area contributed by atoms with Gasteiger partial charge in [0.15, 0.2) is 0 Å². The van der Waals surface area contributed by atoms with Crippen LogP contribution in [0.5, 0.6) is 0 Å². The Morgan fingerprint density at radius 2 is 2.06 bits per heavy atom. The average Bonchev–Trinajstić information content (AvgIpc) is 2.26. The van der Waals surface area contributed by atoms with E-state index in [9.17, 15) is 13.2 Å². The molecule has 0 unspecified atom stereocenters. The normalized spacial score (nSPS) is 17.9. The Kier molecular flexibility index (Phi) is 5.83. The van der Waals surface area contributed by atoms with E-state index in [4.69, 9.17) is 9.88 Å². The molecule has 100 valence electrons. The molecule has 1 aliphatic rings. The van der Waals surface area contributed by atoms with Crippen molar-refractivity contribution in [3.8, 4) is 0 Å². The van der Waals surface area contributed by atoms with Gasteiger partial charge in [0, 0.05) is 6.54 Å². The quantitative estimate of drug-likeness (QED) is 0.522. The molecule has 0 aromatic heterocycles. The molecule has 7 nitrogen and oxygen atoms in total. The fraction of sp³-hybridized carbons (Fsp3) is 0.889. The molecule has 17 heavy (non-hydrogen) atoms. The van der Waals surface area contributed by atoms with E-state index < -0.39 is 10.0 Å². The molecular formula is C9H19N3O4S. The zero-order chi connectivity index (χ0) is 12.7. The lowest BCUT2D eigenvalue weighted by molar-refractivity contribution is -0.128. The molecule has 0 saturated carbocycles. The summed E-state index contributed by atoms with van der Waals surface area (Å²) < 4.78 is 26.6. The molecule has 0 aromatic rings. The van der Waals surface area contributed by atoms with Crippen molar-refractivity contribution in [3.63, 3.8) is 0 Å². The van der Waals surface area contributed by atoms with Crippen LogP contribution in [0.25, 0.3) is 0 Å². The van der Waals surface area contributed by atoms with E-state index in [1.807, 2.05) is 0 Å². The zero-order valence-corrected chi connectivity index (χ0v) is 10.5. The topological polar surface area (TPSA) is 111 Å². The standard InChI is InChI=1S/C9H19N3O4S/c10-17(14,15)6-5-12-9(13)7-16-8-1-3-11-4-2-8/h8,11H,1-7H2,(H,12,13)(H2,10,14,15). The van der Waals surface area contributed by atoms with Gasteiger partial charge < -0.3 is 15.4 Å². The number of primary sulfonamides is 1. The smallest absolute Gasteiger partial charge is 0.246 e. The molecular weight excluding hydrogens is 246 g/mol. The Morgan fingerprint density at radius 1 is 1.41 bits per heavy atom. The first-order valence-corrected chi connectivity index (χ1v) is 7.28. The Labute approximate surface area is 101 Å². The second-order valence-electron chi connectivity index (χ2n) is 3.98. The van der Waals surface area contributed by atoms with E-state index in [1.165, 1.54) is 0 Å². The van der Waals surface area contributed by atoms with E-state index in [0.29, 0.717) is 0 Å². The second-order valence-corrected chi connectivity index (χ2v) is 5.71. The summed E-state index contributed by atoms with van der Waals surface area (Å²) >= 11 is 0. The molecule has 1 fully saturated rings. The van der Waals surface area contributed by atoms with Gasteiger partial charge >= 0.3 is 0 Å². The lowest BCUT2D eigenvalue weighted by Crippen LogP contribution is -2.37. The number of nitrogens with one attached hydrogen (secondary N) is 2.